The number of alkyl halides is 2. The van der Waals surface area contributed by atoms with E-state index < -0.39 is 42.0 Å². The molecule has 0 saturated carbocycles. The molecular formula is C18H17F4N5O2. The lowest BCUT2D eigenvalue weighted by atomic mass is 9.91. The van der Waals surface area contributed by atoms with Crippen LogP contribution < -0.4 is 4.90 Å². The summed E-state index contributed by atoms with van der Waals surface area (Å²) in [4.78, 5) is 14.1. The molecule has 0 bridgehead atoms. The molecule has 0 spiro atoms. The van der Waals surface area contributed by atoms with Gasteiger partial charge in [0.25, 0.3) is 11.8 Å². The first-order chi connectivity index (χ1) is 13.7. The summed E-state index contributed by atoms with van der Waals surface area (Å²) in [5.74, 6) is -7.27. The van der Waals surface area contributed by atoms with E-state index in [1.165, 1.54) is 11.1 Å². The molecule has 2 aliphatic heterocycles. The molecule has 1 aromatic heterocycles. The molecule has 29 heavy (non-hydrogen) atoms. The molecular weight excluding hydrogens is 394 g/mol. The highest BCUT2D eigenvalue weighted by atomic mass is 19.3. The summed E-state index contributed by atoms with van der Waals surface area (Å²) >= 11 is 0. The Balaban J connectivity index is 1.53. The summed E-state index contributed by atoms with van der Waals surface area (Å²) in [6.07, 6.45) is 1.39. The highest BCUT2D eigenvalue weighted by Crippen LogP contribution is 2.39. The summed E-state index contributed by atoms with van der Waals surface area (Å²) in [5.41, 5.74) is 0.162. The maximum Gasteiger partial charge on any atom is 0.318 e. The number of benzene rings is 1. The molecule has 0 aliphatic carbocycles. The topological polar surface area (TPSA) is 74.8 Å². The number of amides is 1. The molecule has 1 saturated heterocycles. The maximum atomic E-state index is 14.8. The van der Waals surface area contributed by atoms with Crippen LogP contribution >= 0.6 is 0 Å². The number of anilines is 1. The van der Waals surface area contributed by atoms with E-state index in [0.717, 1.165) is 17.1 Å². The van der Waals surface area contributed by atoms with Gasteiger partial charge in [0.05, 0.1) is 12.6 Å². The number of hydrogen-bond acceptors (Lipinski definition) is 6. The van der Waals surface area contributed by atoms with Crippen molar-refractivity contribution in [1.29, 1.82) is 0 Å². The number of carbonyl (C=O) groups is 1. The fourth-order valence-corrected chi connectivity index (χ4v) is 3.65. The van der Waals surface area contributed by atoms with Gasteiger partial charge in [-0.15, -0.1) is 5.10 Å². The third-order valence-electron chi connectivity index (χ3n) is 5.01. The zero-order chi connectivity index (χ0) is 20.8. The fraction of sp³-hybridized carbons (Fsp3) is 0.444. The van der Waals surface area contributed by atoms with Crippen molar-refractivity contribution in [2.24, 2.45) is 11.0 Å². The van der Waals surface area contributed by atoms with Gasteiger partial charge in [-0.2, -0.15) is 5.10 Å². The van der Waals surface area contributed by atoms with Gasteiger partial charge in [0.2, 0.25) is 5.89 Å². The van der Waals surface area contributed by atoms with E-state index in [1.807, 2.05) is 0 Å². The Morgan fingerprint density at radius 1 is 1.21 bits per heavy atom. The van der Waals surface area contributed by atoms with E-state index in [2.05, 4.69) is 15.3 Å². The smallest absolute Gasteiger partial charge is 0.318 e. The third kappa shape index (κ3) is 3.68. The van der Waals surface area contributed by atoms with Gasteiger partial charge in [-0.25, -0.2) is 22.6 Å². The van der Waals surface area contributed by atoms with Crippen molar-refractivity contribution >= 4 is 18.1 Å². The summed E-state index contributed by atoms with van der Waals surface area (Å²) < 4.78 is 62.0. The fourth-order valence-electron chi connectivity index (χ4n) is 3.65. The van der Waals surface area contributed by atoms with Gasteiger partial charge < -0.3 is 9.32 Å². The zero-order valence-electron chi connectivity index (χ0n) is 15.4. The van der Waals surface area contributed by atoms with Gasteiger partial charge in [-0.05, 0) is 24.1 Å². The molecule has 0 unspecified atom stereocenters. The number of carbonyl (C=O) groups excluding carboxylic acids is 1. The largest absolute Gasteiger partial charge is 0.408 e. The average Bonchev–Trinajstić information content (AvgIpc) is 3.28. The minimum absolute atomic E-state index is 0.0274. The summed E-state index contributed by atoms with van der Waals surface area (Å²) in [7, 11) is 0. The lowest BCUT2D eigenvalue weighted by Crippen LogP contribution is -2.54. The molecule has 11 heteroatoms. The molecule has 3 heterocycles. The van der Waals surface area contributed by atoms with Crippen LogP contribution in [-0.4, -0.2) is 46.3 Å². The molecule has 0 radical (unpaired) electrons. The standard InChI is InChI=1S/C18H17F4N5O2/c1-10-24-25-17(29-10)26-5-3-14(18(21,22)9-26)16(28)27-15(2-4-23-27)11-6-12(19)8-13(20)7-11/h4,6-8,14-15H,2-3,5,9H2,1H3/t14-,15+/m0/s1. The number of aromatic nitrogens is 2. The Hall–Kier alpha value is -2.98. The quantitative estimate of drug-likeness (QED) is 0.726. The van der Waals surface area contributed by atoms with Crippen molar-refractivity contribution in [1.82, 2.24) is 15.2 Å². The molecule has 0 N–H and O–H groups in total. The Morgan fingerprint density at radius 3 is 2.55 bits per heavy atom. The third-order valence-corrected chi connectivity index (χ3v) is 5.01. The second-order valence-electron chi connectivity index (χ2n) is 7.06. The molecule has 2 aromatic rings. The van der Waals surface area contributed by atoms with Crippen LogP contribution in [0.25, 0.3) is 0 Å². The van der Waals surface area contributed by atoms with Gasteiger partial charge in [0.1, 0.15) is 17.6 Å². The number of nitrogens with zero attached hydrogens (tertiary/aromatic N) is 5. The Labute approximate surface area is 163 Å². The second-order valence-corrected chi connectivity index (χ2v) is 7.06. The van der Waals surface area contributed by atoms with E-state index in [-0.39, 0.29) is 36.9 Å². The van der Waals surface area contributed by atoms with Crippen LogP contribution in [0.1, 0.15) is 30.3 Å². The molecule has 1 aromatic carbocycles. The van der Waals surface area contributed by atoms with Crippen LogP contribution in [0.5, 0.6) is 0 Å². The first kappa shape index (κ1) is 19.3. The summed E-state index contributed by atoms with van der Waals surface area (Å²) in [5, 5.41) is 12.2. The monoisotopic (exact) mass is 411 g/mol. The van der Waals surface area contributed by atoms with E-state index in [4.69, 9.17) is 4.42 Å². The Morgan fingerprint density at radius 2 is 1.93 bits per heavy atom. The molecule has 1 fully saturated rings. The Bertz CT molecular complexity index is 943. The van der Waals surface area contributed by atoms with Crippen molar-refractivity contribution < 1.29 is 26.8 Å². The van der Waals surface area contributed by atoms with Gasteiger partial charge in [-0.1, -0.05) is 5.10 Å². The van der Waals surface area contributed by atoms with Crippen molar-refractivity contribution in [3.05, 3.63) is 41.3 Å². The maximum absolute atomic E-state index is 14.8. The molecule has 2 atom stereocenters. The molecule has 154 valence electrons. The number of piperidine rings is 1. The van der Waals surface area contributed by atoms with Gasteiger partial charge in [-0.3, -0.25) is 4.79 Å². The van der Waals surface area contributed by atoms with Crippen LogP contribution in [0.4, 0.5) is 23.6 Å². The van der Waals surface area contributed by atoms with E-state index in [0.29, 0.717) is 6.07 Å². The first-order valence-corrected chi connectivity index (χ1v) is 8.99. The number of aryl methyl sites for hydroxylation is 1. The van der Waals surface area contributed by atoms with Crippen LogP contribution in [-0.2, 0) is 4.79 Å². The molecule has 2 aliphatic rings. The zero-order valence-corrected chi connectivity index (χ0v) is 15.4. The predicted octanol–water partition coefficient (Wildman–Crippen LogP) is 3.08. The van der Waals surface area contributed by atoms with Crippen LogP contribution in [0.15, 0.2) is 27.7 Å². The number of hydrogen-bond donors (Lipinski definition) is 0. The van der Waals surface area contributed by atoms with Gasteiger partial charge in [0.15, 0.2) is 0 Å². The van der Waals surface area contributed by atoms with Gasteiger partial charge >= 0.3 is 6.01 Å². The molecule has 7 nitrogen and oxygen atoms in total. The number of hydrazone groups is 1. The first-order valence-electron chi connectivity index (χ1n) is 8.99. The lowest BCUT2D eigenvalue weighted by Gasteiger charge is -2.38. The van der Waals surface area contributed by atoms with Crippen molar-refractivity contribution in [3.8, 4) is 0 Å². The normalized spacial score (nSPS) is 23.6. The minimum atomic E-state index is -3.38. The van der Waals surface area contributed by atoms with E-state index in [1.54, 1.807) is 6.92 Å². The van der Waals surface area contributed by atoms with Crippen LogP contribution in [0.3, 0.4) is 0 Å². The van der Waals surface area contributed by atoms with Crippen molar-refractivity contribution in [2.45, 2.75) is 31.7 Å². The van der Waals surface area contributed by atoms with Crippen LogP contribution in [0.2, 0.25) is 0 Å². The second kappa shape index (κ2) is 7.12. The Kier molecular flexibility index (Phi) is 4.75. The minimum Gasteiger partial charge on any atom is -0.408 e. The average molecular weight is 411 g/mol. The van der Waals surface area contributed by atoms with Crippen molar-refractivity contribution in [2.75, 3.05) is 18.0 Å². The number of halogens is 4. The molecule has 1 amide bonds. The SMILES string of the molecule is Cc1nnc(N2CC[C@@H](C(=O)N3N=CC[C@@H]3c3cc(F)cc(F)c3)C(F)(F)C2)o1. The predicted molar refractivity (Wildman–Crippen MR) is 93.4 cm³/mol. The van der Waals surface area contributed by atoms with E-state index >= 15 is 0 Å². The highest BCUT2D eigenvalue weighted by Gasteiger charge is 2.52. The van der Waals surface area contributed by atoms with Gasteiger partial charge in [0, 0.05) is 32.2 Å². The highest BCUT2D eigenvalue weighted by molar-refractivity contribution is 5.83. The van der Waals surface area contributed by atoms with Crippen LogP contribution in [0, 0.1) is 24.5 Å². The van der Waals surface area contributed by atoms with E-state index in [9.17, 15) is 22.4 Å². The lowest BCUT2D eigenvalue weighted by molar-refractivity contribution is -0.154. The summed E-state index contributed by atoms with van der Waals surface area (Å²) in [6.45, 7) is 0.901. The number of rotatable bonds is 3. The van der Waals surface area contributed by atoms with Crippen molar-refractivity contribution in [3.63, 3.8) is 0 Å². The molecule has 4 rings (SSSR count). The summed E-state index contributed by atoms with van der Waals surface area (Å²) in [6, 6.07) is 1.98.